The maximum absolute atomic E-state index is 21.1. The standard InChI is InChI=1S/C98H112B2F4N4O8.2C3H8O.2CHCl3/c1-29-113-87(109)83-73-61-33-34-62(71(73)79-69(51-39-53(91(5,6)7)43-54(40-51)92(8,9)10)81-75-63-45-57(95(17,18)19)35-49-37-59(97(23,24)25)47-65(67(49)63)77(75)85(89(111)115-31-3)107(81)99(101,102)105(79)83)74-72(61)80-70(52-41-55(93(11,12)13)44-56(42-52)94(14,15)16)82-76-64-46-58(96(20,21)22)36-50-38-60(98(26,27)28)48-66(68(50)64)78(76)86(90(112)116-32-4)108(82)100(103,104)106(80)84(74)88(110)114-30-2;2*1-3(2)4;2*2-1(3)4/h35-48,61-62H,29-34H2,1-28H3;2*3-4H,1-2H3;2*1H/t61-,62-;;;;/m0..../s1. The average Bonchev–Trinajstić information content (AvgIpc) is 1.47. The lowest BCUT2D eigenvalue weighted by Gasteiger charge is -2.39. The van der Waals surface area contributed by atoms with Crippen molar-refractivity contribution in [1.82, 2.24) is 8.96 Å². The molecule has 0 saturated carbocycles. The molecule has 8 aromatic rings. The highest BCUT2D eigenvalue weighted by Crippen LogP contribution is 2.62. The van der Waals surface area contributed by atoms with Crippen molar-refractivity contribution in [3.8, 4) is 0 Å². The summed E-state index contributed by atoms with van der Waals surface area (Å²) in [6.45, 7) is 52.2. The normalized spacial score (nSPS) is 16.0. The van der Waals surface area contributed by atoms with Gasteiger partial charge in [-0.2, -0.15) is 0 Å². The van der Waals surface area contributed by atoms with Gasteiger partial charge in [-0.05, 0) is 257 Å². The largest absolute Gasteiger partial charge is 0.738 e. The zero-order chi connectivity index (χ0) is 98.8. The molecule has 0 spiro atoms. The SMILES string of the molecule is CC(C)O.CC(C)O.CCOC(=O)c1c2c(c3n1[B-](F)(F)[n+]1c(C(=O)OCC)c4c5cc(C(C)(C)C)cc6cc(C(C)(C)C)cc(c=4c1=C3c1cc(C(C)(C)C)cc(C(C)(C)C)c1)c65)[C@@H]1CC[C@H]2c2c1c(C(=O)OCC)n1c2C(c2cc(C(C)(C)C)cc(C(C)(C)C)c2)=c2c3c4cc(C(C)(C)C)cc5cc(C(C)(C)C)cc(c=3c(C(=O)OCC)[n+]2[B-]1(F)F)c54.ClC(Cl)Cl.ClC(Cl)Cl. The first-order valence-electron chi connectivity index (χ1n) is 46.0. The van der Waals surface area contributed by atoms with E-state index in [2.05, 4.69) is 215 Å². The molecule has 2 atom stereocenters. The number of nitrogens with zero attached hydrogens (tertiary/aromatic N) is 4. The summed E-state index contributed by atoms with van der Waals surface area (Å²) in [6, 6.07) is 29.4. The molecule has 0 saturated heterocycles. The van der Waals surface area contributed by atoms with Gasteiger partial charge in [0, 0.05) is 35.4 Å². The summed E-state index contributed by atoms with van der Waals surface area (Å²) in [4.78, 5) is 64.9. The maximum Gasteiger partial charge on any atom is 0.738 e. The summed E-state index contributed by atoms with van der Waals surface area (Å²) in [5, 5.41) is 23.2. The number of aromatic nitrogens is 4. The second-order valence-electron chi connectivity index (χ2n) is 44.5. The number of esters is 4. The molecule has 710 valence electrons. The molecular weight excluding hydrogens is 1800 g/mol. The molecule has 26 heteroatoms. The van der Waals surface area contributed by atoms with E-state index in [4.69, 9.17) is 98.8 Å². The minimum absolute atomic E-state index is 0.0188. The van der Waals surface area contributed by atoms with Gasteiger partial charge in [-0.3, -0.25) is 0 Å². The number of hydrogen-bond acceptors (Lipinski definition) is 10. The molecule has 6 heterocycles. The first-order valence-corrected chi connectivity index (χ1v) is 48.6. The third kappa shape index (κ3) is 18.3. The number of hydrogen-bond donors (Lipinski definition) is 2. The molecule has 4 aliphatic heterocycles. The molecule has 9 aliphatic rings. The van der Waals surface area contributed by atoms with Crippen LogP contribution >= 0.6 is 69.6 Å². The summed E-state index contributed by atoms with van der Waals surface area (Å²) in [7, 11) is 0. The summed E-state index contributed by atoms with van der Waals surface area (Å²) in [5.74, 6) is -6.57. The van der Waals surface area contributed by atoms with Crippen molar-refractivity contribution in [2.24, 2.45) is 0 Å². The second-order valence-corrected chi connectivity index (χ2v) is 48.4. The van der Waals surface area contributed by atoms with Crippen molar-refractivity contribution in [2.75, 3.05) is 26.4 Å². The lowest BCUT2D eigenvalue weighted by molar-refractivity contribution is -0.585. The predicted octanol–water partition coefficient (Wildman–Crippen LogP) is 25.1. The highest BCUT2D eigenvalue weighted by Gasteiger charge is 2.63. The van der Waals surface area contributed by atoms with Gasteiger partial charge in [0.25, 0.3) is 11.4 Å². The van der Waals surface area contributed by atoms with Crippen LogP contribution in [0.15, 0.2) is 84.9 Å². The molecule has 14 nitrogen and oxygen atoms in total. The zero-order valence-electron chi connectivity index (χ0n) is 82.7. The van der Waals surface area contributed by atoms with Crippen LogP contribution in [-0.4, -0.2) is 104 Å². The molecule has 2 aromatic heterocycles. The van der Waals surface area contributed by atoms with E-state index in [1.165, 1.54) is 0 Å². The number of alkyl halides is 6. The lowest BCUT2D eigenvalue weighted by Crippen LogP contribution is -2.76. The number of carbonyl (C=O) groups is 4. The number of ether oxygens (including phenoxy) is 4. The fourth-order valence-corrected chi connectivity index (χ4v) is 19.8. The van der Waals surface area contributed by atoms with E-state index in [1.54, 1.807) is 55.4 Å². The number of rotatable bonds is 10. The van der Waals surface area contributed by atoms with Gasteiger partial charge >= 0.3 is 37.8 Å². The molecule has 5 aliphatic carbocycles. The minimum Gasteiger partial charge on any atom is -0.461 e. The fraction of sp³-hybridized carbons (Fsp3) is 0.491. The average molecular weight is 1930 g/mol. The Kier molecular flexibility index (Phi) is 28.0. The Morgan fingerprint density at radius 2 is 0.576 bits per heavy atom. The summed E-state index contributed by atoms with van der Waals surface area (Å²) in [5.41, 5.74) is 3.40. The van der Waals surface area contributed by atoms with Crippen LogP contribution in [-0.2, 0) is 62.3 Å². The molecular formula is C106H130B2Cl6F4N4O10. The van der Waals surface area contributed by atoms with Gasteiger partial charge in [0.15, 0.2) is 19.3 Å². The van der Waals surface area contributed by atoms with Gasteiger partial charge in [-0.1, -0.05) is 296 Å². The molecule has 2 bridgehead atoms. The number of benzene rings is 6. The van der Waals surface area contributed by atoms with Crippen molar-refractivity contribution in [1.29, 1.82) is 0 Å². The van der Waals surface area contributed by atoms with Crippen LogP contribution < -0.4 is 19.7 Å². The second kappa shape index (κ2) is 35.9. The van der Waals surface area contributed by atoms with E-state index >= 15 is 36.4 Å². The molecule has 0 fully saturated rings. The Labute approximate surface area is 804 Å². The molecule has 0 amide bonds. The number of halogens is 10. The first kappa shape index (κ1) is 103. The molecule has 132 heavy (non-hydrogen) atoms. The van der Waals surface area contributed by atoms with Gasteiger partial charge in [0.05, 0.1) is 58.4 Å². The Bertz CT molecular complexity index is 6360. The Balaban J connectivity index is 0.000000911. The van der Waals surface area contributed by atoms with Crippen LogP contribution in [0.2, 0.25) is 0 Å². The van der Waals surface area contributed by atoms with Gasteiger partial charge in [-0.15, -0.1) is 0 Å². The number of aliphatic hydroxyl groups is 2. The molecule has 2 N–H and O–H groups in total. The van der Waals surface area contributed by atoms with E-state index in [9.17, 15) is 0 Å². The third-order valence-corrected chi connectivity index (χ3v) is 25.7. The van der Waals surface area contributed by atoms with Crippen LogP contribution in [0.3, 0.4) is 0 Å². The number of fused-ring (bicyclic) bond motifs is 11. The van der Waals surface area contributed by atoms with Gasteiger partial charge in [0.2, 0.25) is 0 Å². The Morgan fingerprint density at radius 3 is 0.795 bits per heavy atom. The summed E-state index contributed by atoms with van der Waals surface area (Å²) in [6.07, 6.45) is -0.0759. The van der Waals surface area contributed by atoms with Crippen molar-refractivity contribution in [3.63, 3.8) is 0 Å². The molecule has 0 radical (unpaired) electrons. The summed E-state index contributed by atoms with van der Waals surface area (Å²) < 4.78 is 111. The van der Waals surface area contributed by atoms with Crippen molar-refractivity contribution in [3.05, 3.63) is 229 Å². The quantitative estimate of drug-likeness (QED) is 0.0443. The lowest BCUT2D eigenvalue weighted by atomic mass is 9.63. The van der Waals surface area contributed by atoms with E-state index in [0.29, 0.717) is 43.1 Å². The maximum atomic E-state index is 21.1. The number of aliphatic hydroxyl groups excluding tert-OH is 2. The monoisotopic (exact) mass is 1930 g/mol. The predicted molar refractivity (Wildman–Crippen MR) is 533 cm³/mol. The number of carbonyl (C=O) groups excluding carboxylic acids is 4. The highest BCUT2D eigenvalue weighted by atomic mass is 35.6. The van der Waals surface area contributed by atoms with Crippen LogP contribution in [0.4, 0.5) is 17.3 Å². The van der Waals surface area contributed by atoms with E-state index < -0.39 is 113 Å². The van der Waals surface area contributed by atoms with Crippen molar-refractivity contribution >= 4 is 162 Å². The van der Waals surface area contributed by atoms with E-state index in [1.807, 2.05) is 36.4 Å². The third-order valence-electron chi connectivity index (χ3n) is 25.7. The molecule has 6 aromatic carbocycles. The topological polar surface area (TPSA) is 163 Å². The summed E-state index contributed by atoms with van der Waals surface area (Å²) >= 11 is 28.8. The van der Waals surface area contributed by atoms with Gasteiger partial charge < -0.3 is 64.3 Å². The van der Waals surface area contributed by atoms with E-state index in [0.717, 1.165) is 84.0 Å². The van der Waals surface area contributed by atoms with Gasteiger partial charge in [-0.25, -0.2) is 19.2 Å². The van der Waals surface area contributed by atoms with Crippen LogP contribution in [0.1, 0.15) is 377 Å². The molecule has 0 unspecified atom stereocenters. The fourth-order valence-electron chi connectivity index (χ4n) is 19.8. The van der Waals surface area contributed by atoms with Crippen LogP contribution in [0.25, 0.3) is 54.2 Å². The molecule has 17 rings (SSSR count). The first-order chi connectivity index (χ1) is 60.6. The van der Waals surface area contributed by atoms with Gasteiger partial charge in [0.1, 0.15) is 11.4 Å². The van der Waals surface area contributed by atoms with Crippen molar-refractivity contribution in [2.45, 2.75) is 310 Å². The van der Waals surface area contributed by atoms with Crippen LogP contribution in [0.5, 0.6) is 0 Å². The highest BCUT2D eigenvalue weighted by molar-refractivity contribution is 6.63. The van der Waals surface area contributed by atoms with Crippen LogP contribution in [0, 0.1) is 20.9 Å². The zero-order valence-corrected chi connectivity index (χ0v) is 87.2. The Morgan fingerprint density at radius 1 is 0.364 bits per heavy atom. The van der Waals surface area contributed by atoms with Crippen molar-refractivity contribution < 1.29 is 74.6 Å². The Hall–Kier alpha value is -7.91. The smallest absolute Gasteiger partial charge is 0.461 e. The minimum atomic E-state index is -5.50. The van der Waals surface area contributed by atoms with E-state index in [-0.39, 0.29) is 129 Å².